The van der Waals surface area contributed by atoms with Gasteiger partial charge in [0.2, 0.25) is 0 Å². The van der Waals surface area contributed by atoms with Crippen molar-refractivity contribution < 1.29 is 0 Å². The topological polar surface area (TPSA) is 0 Å². The third-order valence-electron chi connectivity index (χ3n) is 1.57. The predicted octanol–water partition coefficient (Wildman–Crippen LogP) is 1.63. The van der Waals surface area contributed by atoms with Crippen LogP contribution in [0.2, 0.25) is 5.82 Å². The van der Waals surface area contributed by atoms with Crippen LogP contribution in [0.25, 0.3) is 0 Å². The van der Waals surface area contributed by atoms with E-state index in [0.29, 0.717) is 11.7 Å². The van der Waals surface area contributed by atoms with Crippen molar-refractivity contribution in [2.75, 3.05) is 0 Å². The fourth-order valence-electron chi connectivity index (χ4n) is 0.830. The molecule has 1 unspecified atom stereocenters. The zero-order valence-corrected chi connectivity index (χ0v) is 6.02. The van der Waals surface area contributed by atoms with Gasteiger partial charge in [0.1, 0.15) is 0 Å². The van der Waals surface area contributed by atoms with Gasteiger partial charge in [-0.15, -0.1) is 0 Å². The van der Waals surface area contributed by atoms with Crippen molar-refractivity contribution in [2.24, 2.45) is 5.92 Å². The van der Waals surface area contributed by atoms with Crippen molar-refractivity contribution in [3.8, 4) is 0 Å². The molecule has 0 nitrogen and oxygen atoms in total. The van der Waals surface area contributed by atoms with Gasteiger partial charge in [-0.3, -0.25) is 0 Å². The van der Waals surface area contributed by atoms with Crippen molar-refractivity contribution in [3.05, 3.63) is 0 Å². The predicted molar refractivity (Wildman–Crippen MR) is 40.4 cm³/mol. The summed E-state index contributed by atoms with van der Waals surface area (Å²) in [6.07, 6.45) is 1.16. The Bertz CT molecular complexity index is 48.5. The Morgan fingerprint density at radius 3 is 2.00 bits per heavy atom. The Hall–Kier alpha value is 0.130. The van der Waals surface area contributed by atoms with Crippen molar-refractivity contribution in [1.82, 2.24) is 0 Å². The first-order valence-corrected chi connectivity index (χ1v) is 3.27. The molecule has 0 rings (SSSR count). The minimum absolute atomic E-state index is 0.606. The normalized spacial score (nSPS) is 14.0. The first-order valence-electron chi connectivity index (χ1n) is 3.27. The van der Waals surface area contributed by atoms with Crippen molar-refractivity contribution in [3.63, 3.8) is 0 Å². The maximum atomic E-state index is 5.36. The second kappa shape index (κ2) is 4.05. The van der Waals surface area contributed by atoms with Gasteiger partial charge in [0.25, 0.3) is 0 Å². The summed E-state index contributed by atoms with van der Waals surface area (Å²) < 4.78 is 0. The molecule has 0 aliphatic heterocycles. The highest BCUT2D eigenvalue weighted by molar-refractivity contribution is 6.90. The largest absolute Gasteiger partial charge is 0.0762 e. The minimum Gasteiger partial charge on any atom is -0.0762 e. The van der Waals surface area contributed by atoms with E-state index in [1.807, 2.05) is 0 Å². The minimum atomic E-state index is 0.606. The molecule has 0 aromatic rings. The summed E-state index contributed by atoms with van der Waals surface area (Å²) in [7, 11) is 7.16. The second-order valence-corrected chi connectivity index (χ2v) is 2.51. The molecular weight excluding hydrogens is 93.7 g/mol. The molecule has 0 saturated heterocycles. The third-order valence-corrected chi connectivity index (χ3v) is 1.57. The molecular formula is C6H13B2. The van der Waals surface area contributed by atoms with Gasteiger partial charge >= 0.3 is 0 Å². The van der Waals surface area contributed by atoms with E-state index in [2.05, 4.69) is 20.8 Å². The summed E-state index contributed by atoms with van der Waals surface area (Å²) in [6.45, 7) is 6.54. The molecule has 0 spiro atoms. The monoisotopic (exact) mass is 107 g/mol. The molecule has 2 heteroatoms. The maximum Gasteiger partial charge on any atom is 0.0590 e. The Balaban J connectivity index is 3.35. The number of rotatable bonds is 3. The Labute approximate surface area is 54.7 Å². The van der Waals surface area contributed by atoms with Crippen LogP contribution in [0.5, 0.6) is 0 Å². The van der Waals surface area contributed by atoms with Gasteiger partial charge in [-0.05, 0) is 0 Å². The summed E-state index contributed by atoms with van der Waals surface area (Å²) in [6, 6.07) is 0. The molecule has 0 amide bonds. The van der Waals surface area contributed by atoms with E-state index in [-0.39, 0.29) is 0 Å². The Morgan fingerprint density at radius 1 is 1.50 bits per heavy atom. The summed E-state index contributed by atoms with van der Waals surface area (Å²) in [4.78, 5) is 0. The van der Waals surface area contributed by atoms with E-state index in [1.165, 1.54) is 0 Å². The standard InChI is InChI=1S/C6H13B2/c1-4-6(8-7)5(2)3/h5-6H,4H2,1-3H3. The lowest BCUT2D eigenvalue weighted by molar-refractivity contribution is 0.573. The van der Waals surface area contributed by atoms with Crippen molar-refractivity contribution >= 4 is 14.9 Å². The van der Waals surface area contributed by atoms with E-state index >= 15 is 0 Å². The van der Waals surface area contributed by atoms with Gasteiger partial charge in [0, 0.05) is 7.74 Å². The zero-order chi connectivity index (χ0) is 6.57. The van der Waals surface area contributed by atoms with Gasteiger partial charge in [-0.1, -0.05) is 38.9 Å². The molecule has 3 radical (unpaired) electrons. The van der Waals surface area contributed by atoms with Crippen LogP contribution in [0.15, 0.2) is 0 Å². The van der Waals surface area contributed by atoms with Crippen LogP contribution in [-0.2, 0) is 0 Å². The average molecular weight is 107 g/mol. The molecule has 0 N–H and O–H groups in total. The van der Waals surface area contributed by atoms with Crippen LogP contribution in [0.4, 0.5) is 0 Å². The highest BCUT2D eigenvalue weighted by Crippen LogP contribution is 2.18. The van der Waals surface area contributed by atoms with Crippen LogP contribution in [-0.4, -0.2) is 14.9 Å². The van der Waals surface area contributed by atoms with E-state index < -0.39 is 0 Å². The van der Waals surface area contributed by atoms with Gasteiger partial charge in [-0.25, -0.2) is 0 Å². The smallest absolute Gasteiger partial charge is 0.0590 e. The van der Waals surface area contributed by atoms with E-state index in [4.69, 9.17) is 7.74 Å². The van der Waals surface area contributed by atoms with Crippen LogP contribution in [0, 0.1) is 5.92 Å². The van der Waals surface area contributed by atoms with Crippen molar-refractivity contribution in [1.29, 1.82) is 0 Å². The van der Waals surface area contributed by atoms with Gasteiger partial charge in [0.05, 0.1) is 7.17 Å². The molecule has 1 atom stereocenters. The Morgan fingerprint density at radius 2 is 2.00 bits per heavy atom. The van der Waals surface area contributed by atoms with E-state index in [9.17, 15) is 0 Å². The van der Waals surface area contributed by atoms with Crippen LogP contribution in [0.1, 0.15) is 27.2 Å². The quantitative estimate of drug-likeness (QED) is 0.480. The molecule has 43 valence electrons. The number of hydrogen-bond donors (Lipinski definition) is 0. The highest BCUT2D eigenvalue weighted by atomic mass is 14.0. The number of hydrogen-bond acceptors (Lipinski definition) is 0. The first kappa shape index (κ1) is 8.13. The van der Waals surface area contributed by atoms with Crippen molar-refractivity contribution in [2.45, 2.75) is 33.0 Å². The first-order chi connectivity index (χ1) is 3.72. The Kier molecular flexibility index (Phi) is 4.12. The van der Waals surface area contributed by atoms with Gasteiger partial charge in [-0.2, -0.15) is 0 Å². The third kappa shape index (κ3) is 2.44. The lowest BCUT2D eigenvalue weighted by Gasteiger charge is -2.15. The van der Waals surface area contributed by atoms with Crippen LogP contribution < -0.4 is 0 Å². The summed E-state index contributed by atoms with van der Waals surface area (Å²) in [5, 5.41) is 0. The van der Waals surface area contributed by atoms with Gasteiger partial charge < -0.3 is 0 Å². The molecule has 0 fully saturated rings. The van der Waals surface area contributed by atoms with E-state index in [0.717, 1.165) is 6.42 Å². The molecule has 0 heterocycles. The van der Waals surface area contributed by atoms with Gasteiger partial charge in [0.15, 0.2) is 0 Å². The maximum absolute atomic E-state index is 5.36. The lowest BCUT2D eigenvalue weighted by Crippen LogP contribution is -2.08. The molecule has 0 aromatic carbocycles. The average Bonchev–Trinajstić information content (AvgIpc) is 1.69. The summed E-state index contributed by atoms with van der Waals surface area (Å²) in [5.41, 5.74) is 0. The molecule has 0 aliphatic rings. The molecule has 0 bridgehead atoms. The van der Waals surface area contributed by atoms with Crippen LogP contribution in [0.3, 0.4) is 0 Å². The molecule has 0 aliphatic carbocycles. The second-order valence-electron chi connectivity index (χ2n) is 2.51. The summed E-state index contributed by atoms with van der Waals surface area (Å²) in [5.74, 6) is 1.31. The fourth-order valence-corrected chi connectivity index (χ4v) is 0.830. The molecule has 8 heavy (non-hydrogen) atoms. The van der Waals surface area contributed by atoms with Crippen LogP contribution >= 0.6 is 0 Å². The van der Waals surface area contributed by atoms with E-state index in [1.54, 1.807) is 7.17 Å². The molecule has 0 saturated carbocycles. The zero-order valence-electron chi connectivity index (χ0n) is 6.02. The molecule has 0 aromatic heterocycles. The fraction of sp³-hybridized carbons (Fsp3) is 1.00. The lowest BCUT2D eigenvalue weighted by atomic mass is 9.44. The highest BCUT2D eigenvalue weighted by Gasteiger charge is 2.06. The summed E-state index contributed by atoms with van der Waals surface area (Å²) >= 11 is 0. The SMILES string of the molecule is [B][B]C(CC)C(C)C.